The van der Waals surface area contributed by atoms with E-state index in [1.807, 2.05) is 12.1 Å². The second kappa shape index (κ2) is 8.80. The number of sulfonamides is 1. The topological polar surface area (TPSA) is 113 Å². The molecule has 0 unspecified atom stereocenters. The Bertz CT molecular complexity index is 1060. The summed E-state index contributed by atoms with van der Waals surface area (Å²) in [4.78, 5) is 23.2. The number of benzene rings is 1. The first kappa shape index (κ1) is 20.3. The van der Waals surface area contributed by atoms with Crippen LogP contribution in [0.25, 0.3) is 0 Å². The van der Waals surface area contributed by atoms with Crippen molar-refractivity contribution in [2.45, 2.75) is 17.9 Å². The summed E-state index contributed by atoms with van der Waals surface area (Å²) in [6.07, 6.45) is 1.90. The lowest BCUT2D eigenvalue weighted by atomic mass is 10.2. The van der Waals surface area contributed by atoms with Crippen LogP contribution < -0.4 is 14.9 Å². The minimum absolute atomic E-state index is 0.154. The lowest BCUT2D eigenvalue weighted by molar-refractivity contribution is -0.121. The first-order valence-electron chi connectivity index (χ1n) is 9.74. The molecule has 2 aliphatic rings. The van der Waals surface area contributed by atoms with Gasteiger partial charge in [0.1, 0.15) is 11.7 Å². The molecule has 1 saturated heterocycles. The van der Waals surface area contributed by atoms with Crippen LogP contribution in [0.2, 0.25) is 0 Å². The molecule has 0 radical (unpaired) electrons. The first-order chi connectivity index (χ1) is 14.5. The van der Waals surface area contributed by atoms with Gasteiger partial charge in [0.15, 0.2) is 0 Å². The molecule has 0 bridgehead atoms. The number of anilines is 1. The Labute approximate surface area is 175 Å². The fourth-order valence-corrected chi connectivity index (χ4v) is 4.60. The van der Waals surface area contributed by atoms with E-state index in [0.717, 1.165) is 24.5 Å². The van der Waals surface area contributed by atoms with Crippen LogP contribution in [0, 0.1) is 0 Å². The quantitative estimate of drug-likeness (QED) is 0.698. The highest BCUT2D eigenvalue weighted by Crippen LogP contribution is 2.22. The fourth-order valence-electron chi connectivity index (χ4n) is 3.35. The number of nitrogens with one attached hydrogen (secondary N) is 2. The molecule has 1 aromatic heterocycles. The van der Waals surface area contributed by atoms with Gasteiger partial charge in [-0.15, -0.1) is 0 Å². The molecule has 10 heteroatoms. The molecule has 1 fully saturated rings. The molecule has 4 rings (SSSR count). The molecule has 9 nitrogen and oxygen atoms in total. The third-order valence-corrected chi connectivity index (χ3v) is 6.30. The number of aliphatic imine (C=N–C) groups is 1. The van der Waals surface area contributed by atoms with Crippen molar-refractivity contribution in [1.82, 2.24) is 15.0 Å². The molecule has 0 spiro atoms. The number of pyridine rings is 1. The average molecular weight is 430 g/mol. The number of fused-ring (bicyclic) bond motifs is 1. The normalized spacial score (nSPS) is 18.7. The van der Waals surface area contributed by atoms with E-state index in [1.54, 1.807) is 24.4 Å². The molecular formula is C20H23N5O4S. The van der Waals surface area contributed by atoms with Gasteiger partial charge in [-0.05, 0) is 29.8 Å². The summed E-state index contributed by atoms with van der Waals surface area (Å²) in [5.41, 5.74) is 1.49. The average Bonchev–Trinajstić information content (AvgIpc) is 3.03. The van der Waals surface area contributed by atoms with Crippen LogP contribution in [-0.2, 0) is 26.1 Å². The van der Waals surface area contributed by atoms with Gasteiger partial charge < -0.3 is 15.0 Å². The Hall–Kier alpha value is -2.98. The summed E-state index contributed by atoms with van der Waals surface area (Å²) in [7, 11) is -3.56. The minimum atomic E-state index is -3.56. The zero-order chi connectivity index (χ0) is 21.0. The van der Waals surface area contributed by atoms with Crippen LogP contribution in [0.15, 0.2) is 52.5 Å². The molecule has 2 N–H and O–H groups in total. The van der Waals surface area contributed by atoms with Gasteiger partial charge in [0.25, 0.3) is 10.0 Å². The van der Waals surface area contributed by atoms with Gasteiger partial charge in [-0.1, -0.05) is 12.1 Å². The van der Waals surface area contributed by atoms with Gasteiger partial charge in [0.05, 0.1) is 24.7 Å². The Morgan fingerprint density at radius 1 is 1.23 bits per heavy atom. The number of amides is 1. The van der Waals surface area contributed by atoms with Gasteiger partial charge in [-0.2, -0.15) is 0 Å². The number of carbonyl (C=O) groups excluding carboxylic acids is 1. The fraction of sp³-hybridized carbons (Fsp3) is 0.350. The van der Waals surface area contributed by atoms with Gasteiger partial charge in [-0.25, -0.2) is 13.4 Å². The van der Waals surface area contributed by atoms with E-state index in [4.69, 9.17) is 4.74 Å². The van der Waals surface area contributed by atoms with Gasteiger partial charge >= 0.3 is 0 Å². The molecular weight excluding hydrogens is 406 g/mol. The number of hydrogen-bond acceptors (Lipinski definition) is 7. The Morgan fingerprint density at radius 2 is 2.03 bits per heavy atom. The molecule has 30 heavy (non-hydrogen) atoms. The van der Waals surface area contributed by atoms with E-state index >= 15 is 0 Å². The van der Waals surface area contributed by atoms with E-state index in [2.05, 4.69) is 24.9 Å². The summed E-state index contributed by atoms with van der Waals surface area (Å²) < 4.78 is 31.9. The van der Waals surface area contributed by atoms with Crippen molar-refractivity contribution < 1.29 is 17.9 Å². The maximum Gasteiger partial charge on any atom is 0.263 e. The first-order valence-corrected chi connectivity index (χ1v) is 11.2. The molecule has 2 aromatic rings. The second-order valence-electron chi connectivity index (χ2n) is 6.98. The number of morpholine rings is 1. The SMILES string of the molecule is O=C(CCN=C1NS(=O)(=O)c2ccccc21)NCc1ccnc(N2CCOCC2)c1. The van der Waals surface area contributed by atoms with Crippen molar-refractivity contribution in [2.75, 3.05) is 37.7 Å². The summed E-state index contributed by atoms with van der Waals surface area (Å²) in [6, 6.07) is 10.5. The number of amidine groups is 1. The van der Waals surface area contributed by atoms with Gasteiger partial charge in [0, 0.05) is 37.8 Å². The molecule has 0 aliphatic carbocycles. The predicted molar refractivity (Wildman–Crippen MR) is 112 cm³/mol. The van der Waals surface area contributed by atoms with Crippen molar-refractivity contribution in [2.24, 2.45) is 4.99 Å². The van der Waals surface area contributed by atoms with Crippen LogP contribution in [0.4, 0.5) is 5.82 Å². The highest BCUT2D eigenvalue weighted by molar-refractivity contribution is 7.90. The summed E-state index contributed by atoms with van der Waals surface area (Å²) >= 11 is 0. The third kappa shape index (κ3) is 4.60. The van der Waals surface area contributed by atoms with Crippen molar-refractivity contribution in [3.63, 3.8) is 0 Å². The van der Waals surface area contributed by atoms with Crippen LogP contribution >= 0.6 is 0 Å². The summed E-state index contributed by atoms with van der Waals surface area (Å²) in [5, 5.41) is 2.87. The summed E-state index contributed by atoms with van der Waals surface area (Å²) in [6.45, 7) is 3.56. The Morgan fingerprint density at radius 3 is 2.87 bits per heavy atom. The number of carbonyl (C=O) groups is 1. The van der Waals surface area contributed by atoms with Crippen LogP contribution in [0.3, 0.4) is 0 Å². The smallest absolute Gasteiger partial charge is 0.263 e. The van der Waals surface area contributed by atoms with E-state index in [0.29, 0.717) is 25.3 Å². The predicted octanol–water partition coefficient (Wildman–Crippen LogP) is 0.663. The third-order valence-electron chi connectivity index (χ3n) is 4.91. The van der Waals surface area contributed by atoms with Crippen molar-refractivity contribution >= 4 is 27.6 Å². The summed E-state index contributed by atoms with van der Waals surface area (Å²) in [5.74, 6) is 1.00. The standard InChI is InChI=1S/C20H23N5O4S/c26-19(6-8-22-20-16-3-1-2-4-17(16)30(27,28)24-20)23-14-15-5-7-21-18(13-15)25-9-11-29-12-10-25/h1-5,7,13H,6,8-12,14H2,(H,22,24)(H,23,26). The number of ether oxygens (including phenoxy) is 1. The van der Waals surface area contributed by atoms with E-state index < -0.39 is 10.0 Å². The Kier molecular flexibility index (Phi) is 5.96. The van der Waals surface area contributed by atoms with Gasteiger partial charge in [-0.3, -0.25) is 14.5 Å². The molecule has 0 saturated carbocycles. The lowest BCUT2D eigenvalue weighted by Gasteiger charge is -2.28. The van der Waals surface area contributed by atoms with Crippen molar-refractivity contribution in [1.29, 1.82) is 0 Å². The zero-order valence-corrected chi connectivity index (χ0v) is 17.2. The molecule has 1 amide bonds. The van der Waals surface area contributed by atoms with Crippen LogP contribution in [0.5, 0.6) is 0 Å². The molecule has 1 aromatic carbocycles. The Balaban J connectivity index is 1.30. The number of hydrogen-bond donors (Lipinski definition) is 2. The van der Waals surface area contributed by atoms with Crippen LogP contribution in [-0.4, -0.2) is 58.0 Å². The molecule has 3 heterocycles. The lowest BCUT2D eigenvalue weighted by Crippen LogP contribution is -2.36. The van der Waals surface area contributed by atoms with E-state index in [9.17, 15) is 13.2 Å². The van der Waals surface area contributed by atoms with E-state index in [1.165, 1.54) is 6.07 Å². The second-order valence-corrected chi connectivity index (χ2v) is 8.63. The number of rotatable bonds is 6. The van der Waals surface area contributed by atoms with Crippen molar-refractivity contribution in [3.8, 4) is 0 Å². The largest absolute Gasteiger partial charge is 0.378 e. The van der Waals surface area contributed by atoms with Crippen molar-refractivity contribution in [3.05, 3.63) is 53.7 Å². The maximum atomic E-state index is 12.2. The molecule has 2 aliphatic heterocycles. The maximum absolute atomic E-state index is 12.2. The van der Waals surface area contributed by atoms with Crippen LogP contribution in [0.1, 0.15) is 17.5 Å². The van der Waals surface area contributed by atoms with E-state index in [-0.39, 0.29) is 29.6 Å². The number of nitrogens with zero attached hydrogens (tertiary/aromatic N) is 3. The van der Waals surface area contributed by atoms with Gasteiger partial charge in [0.2, 0.25) is 5.91 Å². The highest BCUT2D eigenvalue weighted by atomic mass is 32.2. The zero-order valence-electron chi connectivity index (χ0n) is 16.4. The minimum Gasteiger partial charge on any atom is -0.378 e. The molecule has 0 atom stereocenters. The monoisotopic (exact) mass is 429 g/mol. The number of aromatic nitrogens is 1. The molecule has 158 valence electrons. The highest BCUT2D eigenvalue weighted by Gasteiger charge is 2.29.